The Labute approximate surface area is 81.7 Å². The molecule has 6 heteroatoms. The number of ether oxygens (including phenoxy) is 2. The molecule has 14 heavy (non-hydrogen) atoms. The Kier molecular flexibility index (Phi) is 4.76. The molecule has 0 aromatic heterocycles. The lowest BCUT2D eigenvalue weighted by atomic mass is 10.0. The van der Waals surface area contributed by atoms with E-state index in [1.165, 1.54) is 0 Å². The quantitative estimate of drug-likeness (QED) is 0.246. The van der Waals surface area contributed by atoms with Crippen LogP contribution in [0.25, 0.3) is 0 Å². The van der Waals surface area contributed by atoms with Gasteiger partial charge in [-0.05, 0) is 6.92 Å². The number of carboxylic acid groups (broad SMARTS) is 1. The monoisotopic (exact) mass is 206 g/mol. The second-order valence-electron chi connectivity index (χ2n) is 2.96. The molecule has 0 rings (SSSR count). The SMILES string of the molecule is CCC(C)(CC)OC(OC(=O)O)=[O+][O-]. The van der Waals surface area contributed by atoms with Crippen molar-refractivity contribution in [3.05, 3.63) is 0 Å². The van der Waals surface area contributed by atoms with Crippen molar-refractivity contribution in [3.63, 3.8) is 0 Å². The van der Waals surface area contributed by atoms with Crippen LogP contribution in [0, 0.1) is 0 Å². The topological polar surface area (TPSA) is 90.1 Å². The van der Waals surface area contributed by atoms with Gasteiger partial charge in [-0.2, -0.15) is 4.79 Å². The third kappa shape index (κ3) is 3.97. The van der Waals surface area contributed by atoms with E-state index < -0.39 is 17.9 Å². The van der Waals surface area contributed by atoms with Gasteiger partial charge in [0.15, 0.2) is 5.60 Å². The van der Waals surface area contributed by atoms with Crippen LogP contribution >= 0.6 is 0 Å². The number of carbonyl (C=O) groups excluding carboxylic acids is 1. The fourth-order valence-electron chi connectivity index (χ4n) is 0.722. The average Bonchev–Trinajstić information content (AvgIpc) is 2.16. The minimum Gasteiger partial charge on any atom is -0.628 e. The normalized spacial score (nSPS) is 12.4. The molecule has 0 saturated carbocycles. The molecule has 0 bridgehead atoms. The van der Waals surface area contributed by atoms with E-state index >= 15 is 0 Å². The molecule has 0 aliphatic rings. The van der Waals surface area contributed by atoms with Crippen molar-refractivity contribution < 1.29 is 29.2 Å². The van der Waals surface area contributed by atoms with E-state index in [-0.39, 0.29) is 0 Å². The molecule has 0 saturated heterocycles. The average molecular weight is 206 g/mol. The molecule has 0 fully saturated rings. The molecule has 0 unspecified atom stereocenters. The van der Waals surface area contributed by atoms with Crippen LogP contribution in [0.5, 0.6) is 0 Å². The van der Waals surface area contributed by atoms with Crippen molar-refractivity contribution in [2.45, 2.75) is 39.2 Å². The molecular weight excluding hydrogens is 192 g/mol. The molecule has 0 spiro atoms. The van der Waals surface area contributed by atoms with Crippen molar-refractivity contribution >= 4 is 12.3 Å². The summed E-state index contributed by atoms with van der Waals surface area (Å²) in [4.78, 5) is 10.1. The van der Waals surface area contributed by atoms with E-state index in [0.717, 1.165) is 0 Å². The molecule has 1 N–H and O–H groups in total. The van der Waals surface area contributed by atoms with Crippen LogP contribution in [-0.2, 0) is 9.47 Å². The lowest BCUT2D eigenvalue weighted by molar-refractivity contribution is -0.869. The number of rotatable bonds is 3. The minimum absolute atomic E-state index is 0.597. The predicted octanol–water partition coefficient (Wildman–Crippen LogP) is 1.21. The Balaban J connectivity index is 4.38. The molecule has 0 aromatic rings. The van der Waals surface area contributed by atoms with Gasteiger partial charge >= 0.3 is 12.3 Å². The van der Waals surface area contributed by atoms with Gasteiger partial charge in [-0.15, -0.1) is 0 Å². The highest BCUT2D eigenvalue weighted by atomic mass is 17.1. The number of hydrogen-bond acceptors (Lipinski definition) is 4. The maximum atomic E-state index is 10.1. The maximum absolute atomic E-state index is 10.1. The zero-order valence-corrected chi connectivity index (χ0v) is 8.40. The lowest BCUT2D eigenvalue weighted by Crippen LogP contribution is -2.32. The minimum atomic E-state index is -1.65. The molecule has 82 valence electrons. The van der Waals surface area contributed by atoms with E-state index in [9.17, 15) is 10.1 Å². The molecule has 0 radical (unpaired) electrons. The standard InChI is InChI=1S/C8H14O6/c1-4-8(3,5-2)13-7(14-11)12-6(9)10/h4-5H2,1-3H3,(H,9,10). The van der Waals surface area contributed by atoms with Gasteiger partial charge in [-0.25, -0.2) is 4.74 Å². The smallest absolute Gasteiger partial charge is 0.628 e. The van der Waals surface area contributed by atoms with Crippen molar-refractivity contribution in [1.29, 1.82) is 0 Å². The van der Waals surface area contributed by atoms with E-state index in [0.29, 0.717) is 12.8 Å². The second-order valence-corrected chi connectivity index (χ2v) is 2.96. The largest absolute Gasteiger partial charge is 0.735 e. The van der Waals surface area contributed by atoms with Crippen LogP contribution in [0.2, 0.25) is 0 Å². The van der Waals surface area contributed by atoms with Crippen molar-refractivity contribution in [2.24, 2.45) is 0 Å². The summed E-state index contributed by atoms with van der Waals surface area (Å²) in [6.07, 6.45) is -1.34. The van der Waals surface area contributed by atoms with E-state index in [2.05, 4.69) is 9.31 Å². The summed E-state index contributed by atoms with van der Waals surface area (Å²) in [6.45, 7) is 5.40. The van der Waals surface area contributed by atoms with Gasteiger partial charge in [0.25, 0.3) is 0 Å². The summed E-state index contributed by atoms with van der Waals surface area (Å²) in [5.74, 6) is 0. The first kappa shape index (κ1) is 12.5. The van der Waals surface area contributed by atoms with E-state index in [1.807, 2.05) is 13.8 Å². The van der Waals surface area contributed by atoms with Crippen LogP contribution < -0.4 is 5.26 Å². The van der Waals surface area contributed by atoms with Crippen molar-refractivity contribution in [3.8, 4) is 0 Å². The zero-order chi connectivity index (χ0) is 11.2. The molecule has 0 heterocycles. The molecule has 0 aliphatic heterocycles. The van der Waals surface area contributed by atoms with Crippen LogP contribution in [0.4, 0.5) is 9.37 Å². The number of hydrogen-bond donors (Lipinski definition) is 1. The zero-order valence-electron chi connectivity index (χ0n) is 8.40. The van der Waals surface area contributed by atoms with Crippen LogP contribution in [0.3, 0.4) is 0 Å². The number of carbonyl (C=O) groups is 1. The van der Waals surface area contributed by atoms with Gasteiger partial charge in [0.2, 0.25) is 0 Å². The summed E-state index contributed by atoms with van der Waals surface area (Å²) in [6, 6.07) is 0. The lowest BCUT2D eigenvalue weighted by Gasteiger charge is -2.19. The Morgan fingerprint density at radius 2 is 2.00 bits per heavy atom. The molecule has 0 atom stereocenters. The molecular formula is C8H14O6. The fourth-order valence-corrected chi connectivity index (χ4v) is 0.722. The van der Waals surface area contributed by atoms with Gasteiger partial charge in [0.1, 0.15) is 0 Å². The summed E-state index contributed by atoms with van der Waals surface area (Å²) in [5, 5.41) is 18.2. The van der Waals surface area contributed by atoms with Gasteiger partial charge in [-0.1, -0.05) is 13.8 Å². The first-order valence-electron chi connectivity index (χ1n) is 4.24. The van der Waals surface area contributed by atoms with Gasteiger partial charge < -0.3 is 15.1 Å². The van der Waals surface area contributed by atoms with Crippen LogP contribution in [0.15, 0.2) is 0 Å². The van der Waals surface area contributed by atoms with Gasteiger partial charge in [0.05, 0.1) is 0 Å². The van der Waals surface area contributed by atoms with Crippen LogP contribution in [0.1, 0.15) is 33.6 Å². The Hall–Kier alpha value is -1.46. The van der Waals surface area contributed by atoms with E-state index in [1.54, 1.807) is 6.92 Å². The van der Waals surface area contributed by atoms with Crippen molar-refractivity contribution in [1.82, 2.24) is 0 Å². The first-order valence-corrected chi connectivity index (χ1v) is 4.24. The summed E-state index contributed by atoms with van der Waals surface area (Å²) < 4.78 is 12.4. The molecule has 0 aromatic carbocycles. The highest BCUT2D eigenvalue weighted by Crippen LogP contribution is 2.20. The molecule has 0 aliphatic carbocycles. The first-order chi connectivity index (χ1) is 6.47. The highest BCUT2D eigenvalue weighted by Gasteiger charge is 2.35. The maximum Gasteiger partial charge on any atom is 0.735 e. The third-order valence-electron chi connectivity index (χ3n) is 2.06. The predicted molar refractivity (Wildman–Crippen MR) is 44.6 cm³/mol. The third-order valence-corrected chi connectivity index (χ3v) is 2.06. The Morgan fingerprint density at radius 1 is 1.50 bits per heavy atom. The summed E-state index contributed by atoms with van der Waals surface area (Å²) in [5.41, 5.74) is -0.658. The highest BCUT2D eigenvalue weighted by molar-refractivity contribution is 5.76. The molecule has 0 amide bonds. The summed E-state index contributed by atoms with van der Waals surface area (Å²) >= 11 is 0. The second kappa shape index (κ2) is 5.31. The van der Waals surface area contributed by atoms with E-state index in [4.69, 9.17) is 9.84 Å². The van der Waals surface area contributed by atoms with Crippen molar-refractivity contribution in [2.75, 3.05) is 0 Å². The van der Waals surface area contributed by atoms with Crippen LogP contribution in [-0.4, -0.2) is 23.0 Å². The van der Waals surface area contributed by atoms with Gasteiger partial charge in [0, 0.05) is 12.8 Å². The summed E-state index contributed by atoms with van der Waals surface area (Å²) in [7, 11) is 0. The Bertz CT molecular complexity index is 218. The molecule has 6 nitrogen and oxygen atoms in total. The Morgan fingerprint density at radius 3 is 2.29 bits per heavy atom. The fraction of sp³-hybridized carbons (Fsp3) is 0.750. The van der Waals surface area contributed by atoms with Gasteiger partial charge in [-0.3, -0.25) is 4.58 Å².